The molecule has 0 atom stereocenters. The Morgan fingerprint density at radius 2 is 2.05 bits per heavy atom. The van der Waals surface area contributed by atoms with Gasteiger partial charge < -0.3 is 9.47 Å². The number of aromatic nitrogens is 2. The van der Waals surface area contributed by atoms with Crippen LogP contribution in [0.2, 0.25) is 0 Å². The minimum atomic E-state index is 0.415. The normalized spacial score (nSPS) is 10.7. The van der Waals surface area contributed by atoms with Gasteiger partial charge in [-0.2, -0.15) is 5.10 Å². The van der Waals surface area contributed by atoms with Gasteiger partial charge in [-0.3, -0.25) is 4.68 Å². The fraction of sp³-hybridized carbons (Fsp3) is 0.400. The van der Waals surface area contributed by atoms with Crippen LogP contribution in [0.5, 0.6) is 11.5 Å². The molecule has 0 saturated heterocycles. The van der Waals surface area contributed by atoms with E-state index >= 15 is 0 Å². The lowest BCUT2D eigenvalue weighted by atomic mass is 10.2. The first-order chi connectivity index (χ1) is 10.1. The minimum Gasteiger partial charge on any atom is -0.490 e. The standard InChI is InChI=1S/C15H18BrClN2O2/c1-4-20-14-7-11(8-17)5-6-13(14)21-9-12-15(16)10(2)18-19(12)3/h5-7H,4,8-9H2,1-3H3. The molecule has 0 saturated carbocycles. The van der Waals surface area contributed by atoms with Crippen molar-refractivity contribution < 1.29 is 9.47 Å². The molecule has 0 amide bonds. The van der Waals surface area contributed by atoms with Crippen molar-refractivity contribution in [3.05, 3.63) is 39.6 Å². The Balaban J connectivity index is 2.19. The van der Waals surface area contributed by atoms with Crippen LogP contribution >= 0.6 is 27.5 Å². The predicted molar refractivity (Wildman–Crippen MR) is 87.1 cm³/mol. The van der Waals surface area contributed by atoms with E-state index in [0.717, 1.165) is 21.4 Å². The van der Waals surface area contributed by atoms with Crippen LogP contribution < -0.4 is 9.47 Å². The summed E-state index contributed by atoms with van der Waals surface area (Å²) in [6.07, 6.45) is 0. The summed E-state index contributed by atoms with van der Waals surface area (Å²) in [6, 6.07) is 5.74. The summed E-state index contributed by atoms with van der Waals surface area (Å²) in [4.78, 5) is 0. The fourth-order valence-electron chi connectivity index (χ4n) is 2.01. The number of hydrogen-bond donors (Lipinski definition) is 0. The number of benzene rings is 1. The number of halogens is 2. The molecule has 4 nitrogen and oxygen atoms in total. The summed E-state index contributed by atoms with van der Waals surface area (Å²) >= 11 is 9.39. The molecule has 1 aromatic heterocycles. The lowest BCUT2D eigenvalue weighted by Gasteiger charge is -2.13. The van der Waals surface area contributed by atoms with Gasteiger partial charge in [-0.1, -0.05) is 6.07 Å². The van der Waals surface area contributed by atoms with Crippen LogP contribution in [-0.4, -0.2) is 16.4 Å². The number of alkyl halides is 1. The van der Waals surface area contributed by atoms with E-state index in [1.54, 1.807) is 0 Å². The van der Waals surface area contributed by atoms with Crippen molar-refractivity contribution >= 4 is 27.5 Å². The van der Waals surface area contributed by atoms with E-state index in [4.69, 9.17) is 21.1 Å². The van der Waals surface area contributed by atoms with Gasteiger partial charge in [0.05, 0.1) is 22.5 Å². The number of rotatable bonds is 6. The van der Waals surface area contributed by atoms with Gasteiger partial charge in [0.2, 0.25) is 0 Å². The third-order valence-electron chi connectivity index (χ3n) is 3.09. The van der Waals surface area contributed by atoms with Crippen molar-refractivity contribution in [2.75, 3.05) is 6.61 Å². The molecule has 6 heteroatoms. The molecular weight excluding hydrogens is 356 g/mol. The summed E-state index contributed by atoms with van der Waals surface area (Å²) in [6.45, 7) is 4.89. The van der Waals surface area contributed by atoms with Gasteiger partial charge in [-0.15, -0.1) is 11.6 Å². The molecule has 21 heavy (non-hydrogen) atoms. The molecule has 1 heterocycles. The molecule has 0 unspecified atom stereocenters. The molecule has 114 valence electrons. The summed E-state index contributed by atoms with van der Waals surface area (Å²) in [5, 5.41) is 4.35. The Bertz CT molecular complexity index is 628. The molecule has 0 radical (unpaired) electrons. The van der Waals surface area contributed by atoms with Crippen LogP contribution in [0.1, 0.15) is 23.9 Å². The largest absolute Gasteiger partial charge is 0.490 e. The fourth-order valence-corrected chi connectivity index (χ4v) is 2.62. The van der Waals surface area contributed by atoms with Crippen molar-refractivity contribution in [3.63, 3.8) is 0 Å². The molecule has 0 fully saturated rings. The lowest BCUT2D eigenvalue weighted by molar-refractivity contribution is 0.262. The van der Waals surface area contributed by atoms with E-state index in [1.165, 1.54) is 0 Å². The van der Waals surface area contributed by atoms with Crippen LogP contribution in [0.3, 0.4) is 0 Å². The van der Waals surface area contributed by atoms with Crippen LogP contribution in [0.4, 0.5) is 0 Å². The maximum Gasteiger partial charge on any atom is 0.161 e. The summed E-state index contributed by atoms with van der Waals surface area (Å²) in [5.74, 6) is 1.87. The van der Waals surface area contributed by atoms with Crippen molar-refractivity contribution in [1.82, 2.24) is 9.78 Å². The van der Waals surface area contributed by atoms with Crippen molar-refractivity contribution in [2.24, 2.45) is 7.05 Å². The first-order valence-electron chi connectivity index (χ1n) is 6.69. The average Bonchev–Trinajstić information content (AvgIpc) is 2.71. The smallest absolute Gasteiger partial charge is 0.161 e. The highest BCUT2D eigenvalue weighted by Crippen LogP contribution is 2.30. The monoisotopic (exact) mass is 372 g/mol. The Labute approximate surface area is 138 Å². The highest BCUT2D eigenvalue weighted by Gasteiger charge is 2.13. The first kappa shape index (κ1) is 16.2. The minimum absolute atomic E-state index is 0.415. The van der Waals surface area contributed by atoms with Gasteiger partial charge >= 0.3 is 0 Å². The van der Waals surface area contributed by atoms with Crippen LogP contribution in [-0.2, 0) is 19.5 Å². The summed E-state index contributed by atoms with van der Waals surface area (Å²) in [5.41, 5.74) is 2.93. The molecular formula is C15H18BrClN2O2. The van der Waals surface area contributed by atoms with E-state index in [2.05, 4.69) is 21.0 Å². The van der Waals surface area contributed by atoms with Crippen molar-refractivity contribution in [1.29, 1.82) is 0 Å². The third-order valence-corrected chi connectivity index (χ3v) is 4.43. The number of nitrogens with zero attached hydrogens (tertiary/aromatic N) is 2. The second-order valence-electron chi connectivity index (χ2n) is 4.61. The summed E-state index contributed by atoms with van der Waals surface area (Å²) in [7, 11) is 1.90. The van der Waals surface area contributed by atoms with E-state index < -0.39 is 0 Å². The molecule has 0 bridgehead atoms. The zero-order valence-electron chi connectivity index (χ0n) is 12.3. The SMILES string of the molecule is CCOc1cc(CCl)ccc1OCc1c(Br)c(C)nn1C. The molecule has 0 N–H and O–H groups in total. The van der Waals surface area contributed by atoms with Crippen LogP contribution in [0, 0.1) is 6.92 Å². The maximum absolute atomic E-state index is 5.89. The quantitative estimate of drug-likeness (QED) is 0.712. The van der Waals surface area contributed by atoms with Gasteiger partial charge in [0.25, 0.3) is 0 Å². The Morgan fingerprint density at radius 1 is 1.29 bits per heavy atom. The highest BCUT2D eigenvalue weighted by atomic mass is 79.9. The Kier molecular flexibility index (Phi) is 5.53. The maximum atomic E-state index is 5.89. The third kappa shape index (κ3) is 3.71. The van der Waals surface area contributed by atoms with Gasteiger partial charge in [-0.05, 0) is 47.5 Å². The molecule has 0 aliphatic heterocycles. The molecule has 1 aromatic carbocycles. The number of hydrogen-bond acceptors (Lipinski definition) is 3. The first-order valence-corrected chi connectivity index (χ1v) is 8.02. The van der Waals surface area contributed by atoms with Gasteiger partial charge in [0.1, 0.15) is 6.61 Å². The molecule has 0 aliphatic carbocycles. The van der Waals surface area contributed by atoms with Crippen LogP contribution in [0.25, 0.3) is 0 Å². The second kappa shape index (κ2) is 7.18. The van der Waals surface area contributed by atoms with Gasteiger partial charge in [-0.25, -0.2) is 0 Å². The van der Waals surface area contributed by atoms with E-state index in [1.807, 2.05) is 43.8 Å². The van der Waals surface area contributed by atoms with Crippen molar-refractivity contribution in [3.8, 4) is 11.5 Å². The van der Waals surface area contributed by atoms with E-state index in [0.29, 0.717) is 30.6 Å². The van der Waals surface area contributed by atoms with E-state index in [9.17, 15) is 0 Å². The Hall–Kier alpha value is -1.20. The summed E-state index contributed by atoms with van der Waals surface area (Å²) < 4.78 is 14.3. The highest BCUT2D eigenvalue weighted by molar-refractivity contribution is 9.10. The zero-order chi connectivity index (χ0) is 15.4. The number of ether oxygens (including phenoxy) is 2. The molecule has 2 aromatic rings. The molecule has 0 aliphatic rings. The average molecular weight is 374 g/mol. The van der Waals surface area contributed by atoms with Crippen molar-refractivity contribution in [2.45, 2.75) is 26.3 Å². The van der Waals surface area contributed by atoms with Gasteiger partial charge in [0, 0.05) is 12.9 Å². The Morgan fingerprint density at radius 3 is 2.62 bits per heavy atom. The van der Waals surface area contributed by atoms with Gasteiger partial charge in [0.15, 0.2) is 11.5 Å². The predicted octanol–water partition coefficient (Wildman–Crippen LogP) is 4.21. The molecule has 0 spiro atoms. The number of aryl methyl sites for hydroxylation is 2. The second-order valence-corrected chi connectivity index (χ2v) is 5.67. The lowest BCUT2D eigenvalue weighted by Crippen LogP contribution is -2.05. The topological polar surface area (TPSA) is 36.3 Å². The zero-order valence-corrected chi connectivity index (χ0v) is 14.7. The molecule has 2 rings (SSSR count). The van der Waals surface area contributed by atoms with Crippen LogP contribution in [0.15, 0.2) is 22.7 Å². The van der Waals surface area contributed by atoms with E-state index in [-0.39, 0.29) is 0 Å².